The van der Waals surface area contributed by atoms with Crippen molar-refractivity contribution < 1.29 is 9.59 Å². The van der Waals surface area contributed by atoms with Crippen LogP contribution >= 0.6 is 11.6 Å². The van der Waals surface area contributed by atoms with E-state index in [9.17, 15) is 9.59 Å². The first kappa shape index (κ1) is 14.5. The summed E-state index contributed by atoms with van der Waals surface area (Å²) >= 11 is 6.14. The van der Waals surface area contributed by atoms with Gasteiger partial charge in [0.2, 0.25) is 11.8 Å². The predicted octanol–water partition coefficient (Wildman–Crippen LogP) is 3.07. The minimum Gasteiger partial charge on any atom is -0.367 e. The van der Waals surface area contributed by atoms with Gasteiger partial charge in [0.1, 0.15) is 0 Å². The van der Waals surface area contributed by atoms with Crippen molar-refractivity contribution in [1.29, 1.82) is 0 Å². The minimum absolute atomic E-state index is 0.00174. The lowest BCUT2D eigenvalue weighted by Gasteiger charge is -2.37. The molecule has 6 rings (SSSR count). The number of allylic oxidation sites excluding steroid dienone is 2. The van der Waals surface area contributed by atoms with Gasteiger partial charge in [0.05, 0.1) is 18.5 Å². The molecule has 124 valence electrons. The topological polar surface area (TPSA) is 49.4 Å². The number of hydrogen-bond donors (Lipinski definition) is 1. The zero-order valence-electron chi connectivity index (χ0n) is 13.4. The molecule has 6 atom stereocenters. The second-order valence-corrected chi connectivity index (χ2v) is 7.91. The van der Waals surface area contributed by atoms with Gasteiger partial charge in [0.25, 0.3) is 0 Å². The maximum atomic E-state index is 12.9. The van der Waals surface area contributed by atoms with E-state index in [2.05, 4.69) is 17.5 Å². The van der Waals surface area contributed by atoms with Crippen LogP contribution in [0.15, 0.2) is 30.4 Å². The Hall–Kier alpha value is -1.81. The third-order valence-corrected chi connectivity index (χ3v) is 6.86. The highest BCUT2D eigenvalue weighted by molar-refractivity contribution is 6.31. The van der Waals surface area contributed by atoms with E-state index < -0.39 is 0 Å². The Morgan fingerprint density at radius 3 is 2.38 bits per heavy atom. The summed E-state index contributed by atoms with van der Waals surface area (Å²) in [6.07, 6.45) is 5.59. The standard InChI is InChI=1S/C19H19ClN2O2/c1-9-14(20)3-2-4-15(9)21-8-22-18(23)16-10-5-6-11(13-7-12(10)13)17(16)19(22)24/h2-6,10-13,16-17,21H,7-8H2,1H3/t10-,11+,12-,13-,16+,17+/m1/s1. The second kappa shape index (κ2) is 4.85. The molecule has 1 N–H and O–H groups in total. The number of carbonyl (C=O) groups excluding carboxylic acids is 2. The number of hydrogen-bond acceptors (Lipinski definition) is 3. The van der Waals surface area contributed by atoms with Crippen LogP contribution in [-0.4, -0.2) is 23.4 Å². The molecule has 24 heavy (non-hydrogen) atoms. The van der Waals surface area contributed by atoms with Crippen molar-refractivity contribution in [3.8, 4) is 0 Å². The SMILES string of the molecule is Cc1c(Cl)cccc1NCN1C(=O)[C@H]2[C@@H]3C=C[C@@H]([C@H]4C[C@H]34)[C@@H]2C1=O. The highest BCUT2D eigenvalue weighted by Crippen LogP contribution is 2.65. The first-order valence-electron chi connectivity index (χ1n) is 8.60. The Bertz CT molecular complexity index is 754. The molecule has 1 aromatic carbocycles. The van der Waals surface area contributed by atoms with Crippen LogP contribution in [-0.2, 0) is 9.59 Å². The van der Waals surface area contributed by atoms with Gasteiger partial charge >= 0.3 is 0 Å². The molecule has 0 aromatic heterocycles. The summed E-state index contributed by atoms with van der Waals surface area (Å²) in [6, 6.07) is 5.61. The first-order chi connectivity index (χ1) is 11.6. The van der Waals surface area contributed by atoms with E-state index in [1.54, 1.807) is 0 Å². The van der Waals surface area contributed by atoms with Crippen molar-refractivity contribution >= 4 is 29.1 Å². The largest absolute Gasteiger partial charge is 0.367 e. The third-order valence-electron chi connectivity index (χ3n) is 6.45. The molecule has 1 aromatic rings. The van der Waals surface area contributed by atoms with Crippen molar-refractivity contribution in [1.82, 2.24) is 4.90 Å². The van der Waals surface area contributed by atoms with Gasteiger partial charge in [-0.1, -0.05) is 29.8 Å². The summed E-state index contributed by atoms with van der Waals surface area (Å²) in [6.45, 7) is 2.15. The van der Waals surface area contributed by atoms with Crippen molar-refractivity contribution in [3.63, 3.8) is 0 Å². The molecule has 4 nitrogen and oxygen atoms in total. The fraction of sp³-hybridized carbons (Fsp3) is 0.474. The highest BCUT2D eigenvalue weighted by Gasteiger charge is 2.66. The van der Waals surface area contributed by atoms with Crippen LogP contribution < -0.4 is 5.32 Å². The Balaban J connectivity index is 1.38. The fourth-order valence-electron chi connectivity index (χ4n) is 5.14. The van der Waals surface area contributed by atoms with Gasteiger partial charge < -0.3 is 5.32 Å². The summed E-state index contributed by atoms with van der Waals surface area (Å²) in [7, 11) is 0. The van der Waals surface area contributed by atoms with Crippen LogP contribution in [0.5, 0.6) is 0 Å². The van der Waals surface area contributed by atoms with Crippen molar-refractivity contribution in [2.75, 3.05) is 12.0 Å². The van der Waals surface area contributed by atoms with Crippen LogP contribution in [0.3, 0.4) is 0 Å². The second-order valence-electron chi connectivity index (χ2n) is 7.51. The molecule has 3 fully saturated rings. The summed E-state index contributed by atoms with van der Waals surface area (Å²) in [4.78, 5) is 27.2. The number of anilines is 1. The van der Waals surface area contributed by atoms with E-state index in [1.807, 2.05) is 25.1 Å². The van der Waals surface area contributed by atoms with Crippen LogP contribution in [0.1, 0.15) is 12.0 Å². The molecule has 1 saturated heterocycles. The van der Waals surface area contributed by atoms with Gasteiger partial charge in [-0.2, -0.15) is 0 Å². The minimum atomic E-state index is -0.126. The number of rotatable bonds is 3. The maximum absolute atomic E-state index is 12.9. The highest BCUT2D eigenvalue weighted by atomic mass is 35.5. The molecule has 2 saturated carbocycles. The predicted molar refractivity (Wildman–Crippen MR) is 91.2 cm³/mol. The number of nitrogens with one attached hydrogen (secondary N) is 1. The number of amides is 2. The van der Waals surface area contributed by atoms with Crippen molar-refractivity contribution in [3.05, 3.63) is 40.9 Å². The molecule has 0 radical (unpaired) electrons. The quantitative estimate of drug-likeness (QED) is 0.678. The Morgan fingerprint density at radius 1 is 1.12 bits per heavy atom. The van der Waals surface area contributed by atoms with Crippen molar-refractivity contribution in [2.24, 2.45) is 35.5 Å². The molecular formula is C19H19ClN2O2. The van der Waals surface area contributed by atoms with E-state index >= 15 is 0 Å². The Morgan fingerprint density at radius 2 is 1.75 bits per heavy atom. The number of benzene rings is 1. The van der Waals surface area contributed by atoms with Gasteiger partial charge in [0.15, 0.2) is 0 Å². The lowest BCUT2D eigenvalue weighted by molar-refractivity contribution is -0.139. The van der Waals surface area contributed by atoms with Gasteiger partial charge in [-0.25, -0.2) is 0 Å². The third kappa shape index (κ3) is 1.80. The van der Waals surface area contributed by atoms with E-state index in [-0.39, 0.29) is 42.2 Å². The number of nitrogens with zero attached hydrogens (tertiary/aromatic N) is 1. The van der Waals surface area contributed by atoms with Crippen LogP contribution in [0.2, 0.25) is 5.02 Å². The molecule has 0 spiro atoms. The van der Waals surface area contributed by atoms with E-state index in [0.717, 1.165) is 11.3 Å². The Labute approximate surface area is 145 Å². The molecule has 2 bridgehead atoms. The molecular weight excluding hydrogens is 324 g/mol. The monoisotopic (exact) mass is 342 g/mol. The molecule has 1 heterocycles. The molecule has 5 aliphatic rings. The first-order valence-corrected chi connectivity index (χ1v) is 8.98. The normalized spacial score (nSPS) is 38.3. The Kier molecular flexibility index (Phi) is 2.94. The summed E-state index contributed by atoms with van der Waals surface area (Å²) < 4.78 is 0. The number of halogens is 1. The van der Waals surface area contributed by atoms with Crippen LogP contribution in [0, 0.1) is 42.4 Å². The molecule has 5 heteroatoms. The maximum Gasteiger partial charge on any atom is 0.235 e. The number of carbonyl (C=O) groups is 2. The number of likely N-dealkylation sites (tertiary alicyclic amines) is 1. The smallest absolute Gasteiger partial charge is 0.235 e. The van der Waals surface area contributed by atoms with E-state index in [4.69, 9.17) is 11.6 Å². The van der Waals surface area contributed by atoms with E-state index in [1.165, 1.54) is 11.3 Å². The molecule has 0 unspecified atom stereocenters. The molecule has 4 aliphatic carbocycles. The summed E-state index contributed by atoms with van der Waals surface area (Å²) in [5, 5.41) is 3.89. The zero-order valence-corrected chi connectivity index (χ0v) is 14.2. The van der Waals surface area contributed by atoms with E-state index in [0.29, 0.717) is 16.9 Å². The van der Waals surface area contributed by atoms with Crippen LogP contribution in [0.4, 0.5) is 5.69 Å². The van der Waals surface area contributed by atoms with Gasteiger partial charge in [-0.05, 0) is 54.7 Å². The average molecular weight is 343 g/mol. The summed E-state index contributed by atoms with van der Waals surface area (Å²) in [5.41, 5.74) is 1.79. The van der Waals surface area contributed by atoms with Crippen molar-refractivity contribution in [2.45, 2.75) is 13.3 Å². The summed E-state index contributed by atoms with van der Waals surface area (Å²) in [5.74, 6) is 1.58. The zero-order chi connectivity index (χ0) is 16.6. The average Bonchev–Trinajstić information content (AvgIpc) is 3.35. The van der Waals surface area contributed by atoms with Crippen LogP contribution in [0.25, 0.3) is 0 Å². The number of imide groups is 1. The van der Waals surface area contributed by atoms with Gasteiger partial charge in [0, 0.05) is 10.7 Å². The lowest BCUT2D eigenvalue weighted by Crippen LogP contribution is -2.40. The molecule has 2 amide bonds. The van der Waals surface area contributed by atoms with Gasteiger partial charge in [-0.15, -0.1) is 0 Å². The van der Waals surface area contributed by atoms with Gasteiger partial charge in [-0.3, -0.25) is 14.5 Å². The molecule has 1 aliphatic heterocycles. The fourth-order valence-corrected chi connectivity index (χ4v) is 5.31. The lowest BCUT2D eigenvalue weighted by atomic mass is 9.63.